The second-order valence-electron chi connectivity index (χ2n) is 7.16. The van der Waals surface area contributed by atoms with Gasteiger partial charge in [0.25, 0.3) is 5.56 Å². The summed E-state index contributed by atoms with van der Waals surface area (Å²) in [5.41, 5.74) is 3.53. The number of piperazine rings is 1. The maximum absolute atomic E-state index is 11.8. The normalized spacial score (nSPS) is 13.8. The molecule has 154 valence electrons. The van der Waals surface area contributed by atoms with Gasteiger partial charge in [-0.3, -0.25) is 9.59 Å². The molecule has 0 radical (unpaired) electrons. The van der Waals surface area contributed by atoms with Gasteiger partial charge in [-0.2, -0.15) is 0 Å². The number of nitrogens with zero attached hydrogens (tertiary/aromatic N) is 3. The summed E-state index contributed by atoms with van der Waals surface area (Å²) in [5, 5.41) is 6.13. The molecule has 1 fully saturated rings. The van der Waals surface area contributed by atoms with Crippen LogP contribution in [0.5, 0.6) is 0 Å². The Balaban J connectivity index is 1.38. The van der Waals surface area contributed by atoms with Crippen molar-refractivity contribution in [3.63, 3.8) is 0 Å². The molecule has 8 nitrogen and oxygen atoms in total. The van der Waals surface area contributed by atoms with E-state index in [0.29, 0.717) is 31.9 Å². The molecule has 1 aromatic carbocycles. The summed E-state index contributed by atoms with van der Waals surface area (Å²) in [6, 6.07) is 13.4. The molecule has 0 aliphatic carbocycles. The highest BCUT2D eigenvalue weighted by molar-refractivity contribution is 5.82. The monoisotopic (exact) mass is 404 g/mol. The van der Waals surface area contributed by atoms with Crippen LogP contribution in [0.4, 0.5) is 11.5 Å². The number of nitrogens with one attached hydrogen (secondary N) is 3. The van der Waals surface area contributed by atoms with E-state index in [0.717, 1.165) is 34.9 Å². The van der Waals surface area contributed by atoms with Crippen LogP contribution in [0, 0.1) is 0 Å². The highest BCUT2D eigenvalue weighted by Crippen LogP contribution is 2.18. The Morgan fingerprint density at radius 3 is 2.67 bits per heavy atom. The third kappa shape index (κ3) is 4.65. The Morgan fingerprint density at radius 1 is 1.13 bits per heavy atom. The van der Waals surface area contributed by atoms with Gasteiger partial charge in [-0.05, 0) is 36.2 Å². The maximum Gasteiger partial charge on any atom is 0.251 e. The number of carbonyl (C=O) groups excluding carboxylic acids is 1. The summed E-state index contributed by atoms with van der Waals surface area (Å²) in [6.07, 6.45) is 2.40. The molecule has 30 heavy (non-hydrogen) atoms. The largest absolute Gasteiger partial charge is 0.366 e. The van der Waals surface area contributed by atoms with Gasteiger partial charge in [-0.15, -0.1) is 0 Å². The van der Waals surface area contributed by atoms with E-state index in [1.165, 1.54) is 6.07 Å². The molecule has 4 rings (SSSR count). The molecule has 2 aromatic heterocycles. The SMILES string of the molecule is CCc1cc(=O)[nH]c(-c2ccc(NCc3ccc(N4CCNC(=O)C4)cc3)nc2)n1. The molecule has 1 saturated heterocycles. The van der Waals surface area contributed by atoms with E-state index in [4.69, 9.17) is 0 Å². The van der Waals surface area contributed by atoms with Crippen molar-refractivity contribution in [2.45, 2.75) is 19.9 Å². The third-order valence-corrected chi connectivity index (χ3v) is 5.01. The van der Waals surface area contributed by atoms with E-state index >= 15 is 0 Å². The molecule has 3 heterocycles. The summed E-state index contributed by atoms with van der Waals surface area (Å²) in [6.45, 7) is 4.49. The lowest BCUT2D eigenvalue weighted by molar-refractivity contribution is -0.120. The van der Waals surface area contributed by atoms with Crippen molar-refractivity contribution >= 4 is 17.4 Å². The number of aromatic amines is 1. The Hall–Kier alpha value is -3.68. The van der Waals surface area contributed by atoms with E-state index < -0.39 is 0 Å². The van der Waals surface area contributed by atoms with E-state index in [2.05, 4.69) is 30.5 Å². The van der Waals surface area contributed by atoms with Crippen LogP contribution in [0.15, 0.2) is 53.5 Å². The molecule has 1 aliphatic heterocycles. The van der Waals surface area contributed by atoms with Crippen LogP contribution in [0.1, 0.15) is 18.2 Å². The molecule has 3 N–H and O–H groups in total. The van der Waals surface area contributed by atoms with Crippen molar-refractivity contribution in [1.82, 2.24) is 20.3 Å². The number of carbonyl (C=O) groups is 1. The van der Waals surface area contributed by atoms with Crippen molar-refractivity contribution in [2.24, 2.45) is 0 Å². The van der Waals surface area contributed by atoms with Gasteiger partial charge in [-0.25, -0.2) is 9.97 Å². The molecule has 0 saturated carbocycles. The predicted octanol–water partition coefficient (Wildman–Crippen LogP) is 1.94. The van der Waals surface area contributed by atoms with E-state index in [-0.39, 0.29) is 11.5 Å². The second-order valence-corrected chi connectivity index (χ2v) is 7.16. The van der Waals surface area contributed by atoms with E-state index in [1.807, 2.05) is 43.3 Å². The van der Waals surface area contributed by atoms with Crippen LogP contribution in [0.25, 0.3) is 11.4 Å². The highest BCUT2D eigenvalue weighted by atomic mass is 16.2. The summed E-state index contributed by atoms with van der Waals surface area (Å²) >= 11 is 0. The van der Waals surface area contributed by atoms with Gasteiger partial charge in [0.15, 0.2) is 0 Å². The fourth-order valence-electron chi connectivity index (χ4n) is 3.34. The summed E-state index contributed by atoms with van der Waals surface area (Å²) in [4.78, 5) is 37.0. The van der Waals surface area contributed by atoms with Gasteiger partial charge >= 0.3 is 0 Å². The fourth-order valence-corrected chi connectivity index (χ4v) is 3.34. The lowest BCUT2D eigenvalue weighted by Gasteiger charge is -2.28. The zero-order chi connectivity index (χ0) is 20.9. The van der Waals surface area contributed by atoms with Crippen LogP contribution < -0.4 is 21.1 Å². The zero-order valence-electron chi connectivity index (χ0n) is 16.8. The number of amides is 1. The second kappa shape index (κ2) is 8.77. The minimum atomic E-state index is -0.160. The van der Waals surface area contributed by atoms with Gasteiger partial charge in [0.1, 0.15) is 11.6 Å². The van der Waals surface area contributed by atoms with Crippen LogP contribution >= 0.6 is 0 Å². The Labute approximate surface area is 174 Å². The molecule has 0 atom stereocenters. The fraction of sp³-hybridized carbons (Fsp3) is 0.273. The predicted molar refractivity (Wildman–Crippen MR) is 116 cm³/mol. The quantitative estimate of drug-likeness (QED) is 0.580. The van der Waals surface area contributed by atoms with Gasteiger partial charge < -0.3 is 20.5 Å². The van der Waals surface area contributed by atoms with E-state index in [1.54, 1.807) is 6.20 Å². The van der Waals surface area contributed by atoms with Gasteiger partial charge in [0.2, 0.25) is 5.91 Å². The van der Waals surface area contributed by atoms with Gasteiger partial charge in [-0.1, -0.05) is 19.1 Å². The Kier molecular flexibility index (Phi) is 5.74. The minimum Gasteiger partial charge on any atom is -0.366 e. The van der Waals surface area contributed by atoms with Crippen LogP contribution in [0.2, 0.25) is 0 Å². The first kappa shape index (κ1) is 19.6. The molecule has 0 bridgehead atoms. The number of aromatic nitrogens is 3. The Bertz CT molecular complexity index is 1080. The number of aryl methyl sites for hydroxylation is 1. The Morgan fingerprint density at radius 2 is 1.97 bits per heavy atom. The average molecular weight is 404 g/mol. The zero-order valence-corrected chi connectivity index (χ0v) is 16.8. The highest BCUT2D eigenvalue weighted by Gasteiger charge is 2.16. The molecular formula is C22H24N6O2. The molecule has 8 heteroatoms. The molecule has 0 spiro atoms. The van der Waals surface area contributed by atoms with E-state index in [9.17, 15) is 9.59 Å². The summed E-state index contributed by atoms with van der Waals surface area (Å²) in [5.74, 6) is 1.33. The first-order valence-electron chi connectivity index (χ1n) is 10.0. The standard InChI is InChI=1S/C22H24N6O2/c1-2-17-11-20(29)27-22(26-17)16-5-8-19(25-13-16)24-12-15-3-6-18(7-4-15)28-10-9-23-21(30)14-28/h3-8,11,13H,2,9-10,12,14H2,1H3,(H,23,30)(H,24,25)(H,26,27,29). The van der Waals surface area contributed by atoms with Crippen molar-refractivity contribution in [1.29, 1.82) is 0 Å². The summed E-state index contributed by atoms with van der Waals surface area (Å²) in [7, 11) is 0. The number of rotatable bonds is 6. The smallest absolute Gasteiger partial charge is 0.251 e. The first-order chi connectivity index (χ1) is 14.6. The molecule has 3 aromatic rings. The van der Waals surface area contributed by atoms with Gasteiger partial charge in [0, 0.05) is 48.8 Å². The van der Waals surface area contributed by atoms with Crippen LogP contribution in [-0.4, -0.2) is 40.5 Å². The minimum absolute atomic E-state index is 0.0576. The first-order valence-corrected chi connectivity index (χ1v) is 10.0. The number of benzene rings is 1. The lowest BCUT2D eigenvalue weighted by atomic mass is 10.2. The lowest BCUT2D eigenvalue weighted by Crippen LogP contribution is -2.47. The number of hydrogen-bond acceptors (Lipinski definition) is 6. The molecular weight excluding hydrogens is 380 g/mol. The number of hydrogen-bond donors (Lipinski definition) is 3. The number of pyridine rings is 1. The van der Waals surface area contributed by atoms with Crippen molar-refractivity contribution in [2.75, 3.05) is 29.9 Å². The average Bonchev–Trinajstić information content (AvgIpc) is 2.78. The number of H-pyrrole nitrogens is 1. The van der Waals surface area contributed by atoms with Crippen LogP contribution in [-0.2, 0) is 17.8 Å². The van der Waals surface area contributed by atoms with Crippen molar-refractivity contribution in [3.8, 4) is 11.4 Å². The maximum atomic E-state index is 11.8. The molecule has 1 aliphatic rings. The van der Waals surface area contributed by atoms with Crippen LogP contribution in [0.3, 0.4) is 0 Å². The number of anilines is 2. The molecule has 0 unspecified atom stereocenters. The van der Waals surface area contributed by atoms with Crippen molar-refractivity contribution < 1.29 is 4.79 Å². The molecule has 1 amide bonds. The summed E-state index contributed by atoms with van der Waals surface area (Å²) < 4.78 is 0. The third-order valence-electron chi connectivity index (χ3n) is 5.01. The van der Waals surface area contributed by atoms with Gasteiger partial charge in [0.05, 0.1) is 6.54 Å². The van der Waals surface area contributed by atoms with Crippen molar-refractivity contribution in [3.05, 3.63) is 70.3 Å². The topological polar surface area (TPSA) is 103 Å².